The SMILES string of the molecule is Cc1noc(C)c1COc1ccc(C(=O)N(C)Cc2ccccc2OC(F)(F)F)cc1. The van der Waals surface area contributed by atoms with E-state index in [0.29, 0.717) is 17.1 Å². The van der Waals surface area contributed by atoms with E-state index >= 15 is 0 Å². The second-order valence-corrected chi connectivity index (χ2v) is 6.93. The number of para-hydroxylation sites is 1. The Bertz CT molecular complexity index is 1030. The van der Waals surface area contributed by atoms with Gasteiger partial charge in [0.2, 0.25) is 0 Å². The lowest BCUT2D eigenvalue weighted by molar-refractivity contribution is -0.275. The van der Waals surface area contributed by atoms with Crippen molar-refractivity contribution in [3.05, 3.63) is 76.7 Å². The van der Waals surface area contributed by atoms with Crippen LogP contribution in [0.2, 0.25) is 0 Å². The second-order valence-electron chi connectivity index (χ2n) is 6.93. The summed E-state index contributed by atoms with van der Waals surface area (Å²) < 4.78 is 52.6. The van der Waals surface area contributed by atoms with Crippen LogP contribution in [0.25, 0.3) is 0 Å². The number of hydrogen-bond acceptors (Lipinski definition) is 5. The standard InChI is InChI=1S/C22H21F3N2O4/c1-14-19(15(2)31-26-14)13-29-18-10-8-16(9-11-18)21(28)27(3)12-17-6-4-5-7-20(17)30-22(23,24)25/h4-11H,12-13H2,1-3H3. The van der Waals surface area contributed by atoms with E-state index in [1.54, 1.807) is 37.3 Å². The van der Waals surface area contributed by atoms with Gasteiger partial charge in [0.15, 0.2) is 0 Å². The van der Waals surface area contributed by atoms with Gasteiger partial charge in [-0.1, -0.05) is 23.4 Å². The van der Waals surface area contributed by atoms with E-state index in [1.807, 2.05) is 6.92 Å². The van der Waals surface area contributed by atoms with Crippen molar-refractivity contribution in [3.63, 3.8) is 0 Å². The first-order chi connectivity index (χ1) is 14.6. The summed E-state index contributed by atoms with van der Waals surface area (Å²) >= 11 is 0. The Morgan fingerprint density at radius 3 is 2.39 bits per heavy atom. The summed E-state index contributed by atoms with van der Waals surface area (Å²) in [6.45, 7) is 3.86. The van der Waals surface area contributed by atoms with Crippen LogP contribution < -0.4 is 9.47 Å². The summed E-state index contributed by atoms with van der Waals surface area (Å²) in [7, 11) is 1.51. The zero-order chi connectivity index (χ0) is 22.6. The number of aryl methyl sites for hydroxylation is 2. The molecule has 1 heterocycles. The third kappa shape index (κ3) is 5.78. The minimum Gasteiger partial charge on any atom is -0.489 e. The number of carbonyl (C=O) groups is 1. The topological polar surface area (TPSA) is 64.8 Å². The number of alkyl halides is 3. The molecule has 0 aliphatic heterocycles. The number of carbonyl (C=O) groups excluding carboxylic acids is 1. The smallest absolute Gasteiger partial charge is 0.489 e. The number of benzene rings is 2. The van der Waals surface area contributed by atoms with Crippen LogP contribution in [-0.2, 0) is 13.2 Å². The van der Waals surface area contributed by atoms with E-state index in [9.17, 15) is 18.0 Å². The van der Waals surface area contributed by atoms with Gasteiger partial charge in [-0.25, -0.2) is 0 Å². The van der Waals surface area contributed by atoms with Crippen LogP contribution in [0.3, 0.4) is 0 Å². The van der Waals surface area contributed by atoms with Crippen molar-refractivity contribution in [2.45, 2.75) is 33.4 Å². The maximum absolute atomic E-state index is 12.7. The van der Waals surface area contributed by atoms with E-state index < -0.39 is 6.36 Å². The van der Waals surface area contributed by atoms with Crippen molar-refractivity contribution in [3.8, 4) is 11.5 Å². The monoisotopic (exact) mass is 434 g/mol. The molecule has 3 rings (SSSR count). The molecule has 0 saturated heterocycles. The molecule has 0 unspecified atom stereocenters. The van der Waals surface area contributed by atoms with Gasteiger partial charge in [-0.05, 0) is 44.2 Å². The fourth-order valence-electron chi connectivity index (χ4n) is 2.96. The van der Waals surface area contributed by atoms with Gasteiger partial charge >= 0.3 is 6.36 Å². The summed E-state index contributed by atoms with van der Waals surface area (Å²) in [5.41, 5.74) is 2.23. The highest BCUT2D eigenvalue weighted by atomic mass is 19.4. The van der Waals surface area contributed by atoms with Gasteiger partial charge in [0.25, 0.3) is 5.91 Å². The normalized spacial score (nSPS) is 11.3. The van der Waals surface area contributed by atoms with Crippen LogP contribution >= 0.6 is 0 Å². The number of nitrogens with zero attached hydrogens (tertiary/aromatic N) is 2. The molecule has 0 spiro atoms. The average Bonchev–Trinajstić information content (AvgIpc) is 3.04. The number of hydrogen-bond donors (Lipinski definition) is 0. The van der Waals surface area contributed by atoms with Crippen molar-refractivity contribution >= 4 is 5.91 Å². The fourth-order valence-corrected chi connectivity index (χ4v) is 2.96. The zero-order valence-corrected chi connectivity index (χ0v) is 17.2. The summed E-state index contributed by atoms with van der Waals surface area (Å²) in [4.78, 5) is 14.0. The van der Waals surface area contributed by atoms with Crippen LogP contribution in [0.15, 0.2) is 53.1 Å². The van der Waals surface area contributed by atoms with Crippen molar-refractivity contribution in [1.29, 1.82) is 0 Å². The minimum atomic E-state index is -4.81. The molecule has 0 bridgehead atoms. The molecule has 9 heteroatoms. The van der Waals surface area contributed by atoms with Gasteiger partial charge < -0.3 is 18.9 Å². The highest BCUT2D eigenvalue weighted by Crippen LogP contribution is 2.27. The number of ether oxygens (including phenoxy) is 2. The molecular weight excluding hydrogens is 413 g/mol. The van der Waals surface area contributed by atoms with Crippen LogP contribution in [0.1, 0.15) is 32.9 Å². The van der Waals surface area contributed by atoms with Crippen LogP contribution in [0.5, 0.6) is 11.5 Å². The molecule has 2 aromatic carbocycles. The summed E-state index contributed by atoms with van der Waals surface area (Å²) in [6.07, 6.45) is -4.81. The maximum atomic E-state index is 12.7. The van der Waals surface area contributed by atoms with E-state index in [2.05, 4.69) is 9.89 Å². The molecule has 164 valence electrons. The Balaban J connectivity index is 1.64. The van der Waals surface area contributed by atoms with Gasteiger partial charge in [-0.3, -0.25) is 4.79 Å². The second kappa shape index (κ2) is 9.11. The summed E-state index contributed by atoms with van der Waals surface area (Å²) in [6, 6.07) is 12.2. The Morgan fingerprint density at radius 1 is 1.10 bits per heavy atom. The molecule has 0 aliphatic carbocycles. The van der Waals surface area contributed by atoms with Crippen molar-refractivity contribution in [2.75, 3.05) is 7.05 Å². The maximum Gasteiger partial charge on any atom is 0.573 e. The Morgan fingerprint density at radius 2 is 1.77 bits per heavy atom. The lowest BCUT2D eigenvalue weighted by Gasteiger charge is -2.20. The molecule has 0 radical (unpaired) electrons. The van der Waals surface area contributed by atoms with Gasteiger partial charge in [0.1, 0.15) is 23.9 Å². The minimum absolute atomic E-state index is 0.0462. The van der Waals surface area contributed by atoms with Crippen LogP contribution in [0.4, 0.5) is 13.2 Å². The molecular formula is C22H21F3N2O4. The molecule has 0 aliphatic rings. The number of amides is 1. The first-order valence-electron chi connectivity index (χ1n) is 9.38. The van der Waals surface area contributed by atoms with E-state index in [1.165, 1.54) is 30.1 Å². The van der Waals surface area contributed by atoms with Gasteiger partial charge in [-0.2, -0.15) is 0 Å². The summed E-state index contributed by atoms with van der Waals surface area (Å²) in [5, 5.41) is 3.87. The summed E-state index contributed by atoms with van der Waals surface area (Å²) in [5.74, 6) is 0.556. The largest absolute Gasteiger partial charge is 0.573 e. The van der Waals surface area contributed by atoms with E-state index in [4.69, 9.17) is 9.26 Å². The van der Waals surface area contributed by atoms with Gasteiger partial charge in [0.05, 0.1) is 11.3 Å². The molecule has 31 heavy (non-hydrogen) atoms. The van der Waals surface area contributed by atoms with Crippen molar-refractivity contribution in [2.24, 2.45) is 0 Å². The van der Waals surface area contributed by atoms with Gasteiger partial charge in [0, 0.05) is 24.7 Å². The zero-order valence-electron chi connectivity index (χ0n) is 17.2. The van der Waals surface area contributed by atoms with Crippen molar-refractivity contribution in [1.82, 2.24) is 10.1 Å². The van der Waals surface area contributed by atoms with E-state index in [0.717, 1.165) is 11.3 Å². The Hall–Kier alpha value is -3.49. The third-order valence-corrected chi connectivity index (χ3v) is 4.62. The molecule has 0 N–H and O–H groups in total. The van der Waals surface area contributed by atoms with Crippen LogP contribution in [-0.4, -0.2) is 29.4 Å². The first-order valence-corrected chi connectivity index (χ1v) is 9.38. The molecule has 6 nitrogen and oxygen atoms in total. The molecule has 1 aromatic heterocycles. The highest BCUT2D eigenvalue weighted by Gasteiger charge is 2.32. The van der Waals surface area contributed by atoms with Gasteiger partial charge in [-0.15, -0.1) is 13.2 Å². The van der Waals surface area contributed by atoms with Crippen molar-refractivity contribution < 1.29 is 32.0 Å². The predicted octanol–water partition coefficient (Wildman–Crippen LogP) is 5.04. The quantitative estimate of drug-likeness (QED) is 0.521. The highest BCUT2D eigenvalue weighted by molar-refractivity contribution is 5.94. The van der Waals surface area contributed by atoms with E-state index in [-0.39, 0.29) is 30.4 Å². The number of aromatic nitrogens is 1. The average molecular weight is 434 g/mol. The Kier molecular flexibility index (Phi) is 6.53. The molecule has 0 fully saturated rings. The Labute approximate surface area is 177 Å². The molecule has 0 atom stereocenters. The fraction of sp³-hybridized carbons (Fsp3) is 0.273. The van der Waals surface area contributed by atoms with Crippen LogP contribution in [0, 0.1) is 13.8 Å². The molecule has 1 amide bonds. The lowest BCUT2D eigenvalue weighted by Crippen LogP contribution is -2.27. The molecule has 3 aromatic rings. The predicted molar refractivity (Wildman–Crippen MR) is 106 cm³/mol. The lowest BCUT2D eigenvalue weighted by atomic mass is 10.1. The number of halogens is 3. The number of rotatable bonds is 7. The molecule has 0 saturated carbocycles. The first kappa shape index (κ1) is 22.2. The third-order valence-electron chi connectivity index (χ3n) is 4.62.